The second-order valence-electron chi connectivity index (χ2n) is 19.2. The van der Waals surface area contributed by atoms with Gasteiger partial charge in [0.2, 0.25) is 0 Å². The molecule has 0 heterocycles. The Morgan fingerprint density at radius 3 is 0.906 bits per heavy atom. The zero-order valence-corrected chi connectivity index (χ0v) is 43.1. The number of ether oxygens (including phenoxy) is 3. The summed E-state index contributed by atoms with van der Waals surface area (Å²) in [5.41, 5.74) is 0. The van der Waals surface area contributed by atoms with Crippen molar-refractivity contribution in [2.45, 2.75) is 316 Å². The molecule has 6 heteroatoms. The molecule has 0 fully saturated rings. The van der Waals surface area contributed by atoms with Gasteiger partial charge in [-0.25, -0.2) is 0 Å². The summed E-state index contributed by atoms with van der Waals surface area (Å²) < 4.78 is 16.9. The maximum atomic E-state index is 12.8. The molecule has 0 N–H and O–H groups in total. The Morgan fingerprint density at radius 2 is 0.578 bits per heavy atom. The fourth-order valence-electron chi connectivity index (χ4n) is 8.40. The van der Waals surface area contributed by atoms with Gasteiger partial charge < -0.3 is 14.2 Å². The van der Waals surface area contributed by atoms with Crippen molar-refractivity contribution in [3.8, 4) is 0 Å². The van der Waals surface area contributed by atoms with Crippen molar-refractivity contribution in [1.82, 2.24) is 0 Å². The predicted octanol–water partition coefficient (Wildman–Crippen LogP) is 18.7. The molecular weight excluding hydrogens is 793 g/mol. The molecule has 6 nitrogen and oxygen atoms in total. The number of rotatable bonds is 52. The lowest BCUT2D eigenvalue weighted by Crippen LogP contribution is -2.30. The Labute approximate surface area is 398 Å². The smallest absolute Gasteiger partial charge is 0.306 e. The molecule has 0 aliphatic rings. The highest BCUT2D eigenvalue weighted by Crippen LogP contribution is 2.17. The van der Waals surface area contributed by atoms with Crippen LogP contribution in [-0.4, -0.2) is 37.2 Å². The largest absolute Gasteiger partial charge is 0.462 e. The van der Waals surface area contributed by atoms with Crippen molar-refractivity contribution in [1.29, 1.82) is 0 Å². The number of hydrogen-bond donors (Lipinski definition) is 0. The maximum absolute atomic E-state index is 12.8. The summed E-state index contributed by atoms with van der Waals surface area (Å²) in [7, 11) is 0. The highest BCUT2D eigenvalue weighted by molar-refractivity contribution is 5.71. The van der Waals surface area contributed by atoms with Crippen molar-refractivity contribution < 1.29 is 28.6 Å². The van der Waals surface area contributed by atoms with Gasteiger partial charge in [-0.3, -0.25) is 14.4 Å². The Bertz CT molecular complexity index is 1040. The molecule has 0 bridgehead atoms. The molecule has 0 aromatic carbocycles. The Kier molecular flexibility index (Phi) is 51.7. The quantitative estimate of drug-likeness (QED) is 0.0262. The number of hydrogen-bond acceptors (Lipinski definition) is 6. The Balaban J connectivity index is 4.34. The van der Waals surface area contributed by atoms with Crippen molar-refractivity contribution >= 4 is 17.9 Å². The van der Waals surface area contributed by atoms with Crippen molar-refractivity contribution in [3.05, 3.63) is 24.3 Å². The van der Waals surface area contributed by atoms with E-state index in [4.69, 9.17) is 14.2 Å². The van der Waals surface area contributed by atoms with Gasteiger partial charge in [-0.15, -0.1) is 0 Å². The molecule has 0 aromatic rings. The van der Waals surface area contributed by atoms with E-state index in [0.29, 0.717) is 19.3 Å². The first-order valence-electron chi connectivity index (χ1n) is 28.3. The van der Waals surface area contributed by atoms with Gasteiger partial charge in [0.1, 0.15) is 13.2 Å². The normalized spacial score (nSPS) is 12.1. The minimum atomic E-state index is -0.771. The van der Waals surface area contributed by atoms with Crippen LogP contribution >= 0.6 is 0 Å². The summed E-state index contributed by atoms with van der Waals surface area (Å²) in [6, 6.07) is 0. The highest BCUT2D eigenvalue weighted by Gasteiger charge is 2.19. The second kappa shape index (κ2) is 53.5. The number of allylic oxidation sites excluding steroid dienone is 4. The van der Waals surface area contributed by atoms with Gasteiger partial charge in [-0.2, -0.15) is 0 Å². The van der Waals surface area contributed by atoms with Gasteiger partial charge in [0.05, 0.1) is 0 Å². The molecule has 64 heavy (non-hydrogen) atoms. The molecule has 0 unspecified atom stereocenters. The molecule has 0 spiro atoms. The number of unbranched alkanes of at least 4 members (excludes halogenated alkanes) is 37. The van der Waals surface area contributed by atoms with Crippen LogP contribution in [0.3, 0.4) is 0 Å². The van der Waals surface area contributed by atoms with Crippen molar-refractivity contribution in [2.24, 2.45) is 0 Å². The number of carbonyl (C=O) groups is 3. The molecule has 0 radical (unpaired) electrons. The summed E-state index contributed by atoms with van der Waals surface area (Å²) in [5.74, 6) is -0.864. The summed E-state index contributed by atoms with van der Waals surface area (Å²) >= 11 is 0. The van der Waals surface area contributed by atoms with Gasteiger partial charge in [0, 0.05) is 19.3 Å². The second-order valence-corrected chi connectivity index (χ2v) is 19.2. The molecule has 1 atom stereocenters. The first-order valence-corrected chi connectivity index (χ1v) is 28.3. The first-order chi connectivity index (χ1) is 31.5. The van der Waals surface area contributed by atoms with Crippen LogP contribution in [-0.2, 0) is 28.6 Å². The van der Waals surface area contributed by atoms with E-state index in [9.17, 15) is 14.4 Å². The predicted molar refractivity (Wildman–Crippen MR) is 275 cm³/mol. The van der Waals surface area contributed by atoms with E-state index in [1.165, 1.54) is 193 Å². The Morgan fingerprint density at radius 1 is 0.312 bits per heavy atom. The van der Waals surface area contributed by atoms with E-state index < -0.39 is 6.10 Å². The monoisotopic (exact) mass is 901 g/mol. The van der Waals surface area contributed by atoms with Crippen LogP contribution in [0.2, 0.25) is 0 Å². The van der Waals surface area contributed by atoms with Crippen molar-refractivity contribution in [3.63, 3.8) is 0 Å². The zero-order valence-electron chi connectivity index (χ0n) is 43.1. The average molecular weight is 901 g/mol. The fourth-order valence-corrected chi connectivity index (χ4v) is 8.40. The van der Waals surface area contributed by atoms with E-state index in [1.807, 2.05) is 0 Å². The summed E-state index contributed by atoms with van der Waals surface area (Å²) in [6.07, 6.45) is 61.6. The van der Waals surface area contributed by atoms with Crippen LogP contribution in [0.15, 0.2) is 24.3 Å². The molecule has 376 valence electrons. The topological polar surface area (TPSA) is 78.9 Å². The molecule has 0 saturated carbocycles. The van der Waals surface area contributed by atoms with Crippen LogP contribution in [0.1, 0.15) is 310 Å². The SMILES string of the molecule is CCCC/C=C\C/C=C\CCCCCCCC(=O)OC[C@H](COC(=O)CCCCCCCCCCCCCCCCCC)OC(=O)CCCCCCCCCCCCCCCCCC. The molecule has 0 rings (SSSR count). The van der Waals surface area contributed by atoms with E-state index in [1.54, 1.807) is 0 Å². The third-order valence-electron chi connectivity index (χ3n) is 12.7. The lowest BCUT2D eigenvalue weighted by molar-refractivity contribution is -0.167. The molecule has 0 amide bonds. The third-order valence-corrected chi connectivity index (χ3v) is 12.7. The van der Waals surface area contributed by atoms with Crippen LogP contribution in [0.25, 0.3) is 0 Å². The van der Waals surface area contributed by atoms with Gasteiger partial charge in [0.25, 0.3) is 0 Å². The zero-order chi connectivity index (χ0) is 46.5. The van der Waals surface area contributed by atoms with E-state index in [0.717, 1.165) is 77.0 Å². The average Bonchev–Trinajstić information content (AvgIpc) is 3.29. The number of esters is 3. The van der Waals surface area contributed by atoms with Crippen LogP contribution in [0.4, 0.5) is 0 Å². The van der Waals surface area contributed by atoms with Gasteiger partial charge in [-0.1, -0.05) is 270 Å². The van der Waals surface area contributed by atoms with E-state index in [2.05, 4.69) is 45.1 Å². The molecule has 0 aliphatic carbocycles. The van der Waals surface area contributed by atoms with Gasteiger partial charge in [0.15, 0.2) is 6.10 Å². The van der Waals surface area contributed by atoms with E-state index in [-0.39, 0.29) is 31.1 Å². The van der Waals surface area contributed by atoms with Gasteiger partial charge in [-0.05, 0) is 44.9 Å². The standard InChI is InChI=1S/C58H108O6/c1-4-7-10-13-16-19-22-25-28-30-33-36-39-42-45-48-51-57(60)63-54-55(53-62-56(59)50-47-44-41-38-35-32-27-24-21-18-15-12-9-6-3)64-58(61)52-49-46-43-40-37-34-31-29-26-23-20-17-14-11-8-5-2/h15,18,24,27,55H,4-14,16-17,19-23,25-26,28-54H2,1-3H3/b18-15-,27-24-/t55-/m1/s1. The molecular formula is C58H108O6. The molecule has 0 aliphatic heterocycles. The summed E-state index contributed by atoms with van der Waals surface area (Å²) in [4.78, 5) is 38.1. The lowest BCUT2D eigenvalue weighted by Gasteiger charge is -2.18. The first kappa shape index (κ1) is 61.9. The third kappa shape index (κ3) is 50.9. The Hall–Kier alpha value is -2.11. The minimum Gasteiger partial charge on any atom is -0.462 e. The van der Waals surface area contributed by atoms with E-state index >= 15 is 0 Å². The lowest BCUT2D eigenvalue weighted by atomic mass is 10.0. The van der Waals surface area contributed by atoms with Crippen LogP contribution < -0.4 is 0 Å². The van der Waals surface area contributed by atoms with Crippen LogP contribution in [0, 0.1) is 0 Å². The number of carbonyl (C=O) groups excluding carboxylic acids is 3. The maximum Gasteiger partial charge on any atom is 0.306 e. The fraction of sp³-hybridized carbons (Fsp3) is 0.879. The summed E-state index contributed by atoms with van der Waals surface area (Å²) in [5, 5.41) is 0. The van der Waals surface area contributed by atoms with Crippen molar-refractivity contribution in [2.75, 3.05) is 13.2 Å². The summed E-state index contributed by atoms with van der Waals surface area (Å²) in [6.45, 7) is 6.64. The minimum absolute atomic E-state index is 0.0702. The highest BCUT2D eigenvalue weighted by atomic mass is 16.6. The van der Waals surface area contributed by atoms with Crippen LogP contribution in [0.5, 0.6) is 0 Å². The van der Waals surface area contributed by atoms with Gasteiger partial charge >= 0.3 is 17.9 Å². The molecule has 0 aromatic heterocycles. The molecule has 0 saturated heterocycles.